The number of β-amino-alcohol motifs (C(OH)–C–C–N with tert-alkyl or cyclic N) is 1. The Morgan fingerprint density at radius 1 is 1.50 bits per heavy atom. The first-order valence-corrected chi connectivity index (χ1v) is 6.22. The molecule has 1 heterocycles. The Labute approximate surface area is 107 Å². The molecule has 1 N–H and O–H groups in total. The molecule has 4 nitrogen and oxygen atoms in total. The molecule has 1 aromatic rings. The van der Waals surface area contributed by atoms with E-state index in [0.29, 0.717) is 19.5 Å². The second-order valence-corrected chi connectivity index (χ2v) is 4.84. The second kappa shape index (κ2) is 5.40. The Kier molecular flexibility index (Phi) is 3.87. The summed E-state index contributed by atoms with van der Waals surface area (Å²) in [5, 5.41) is 9.38. The van der Waals surface area contributed by atoms with E-state index in [4.69, 9.17) is 4.74 Å². The molecule has 0 bridgehead atoms. The van der Waals surface area contributed by atoms with Gasteiger partial charge in [-0.3, -0.25) is 4.79 Å². The van der Waals surface area contributed by atoms with Gasteiger partial charge in [-0.05, 0) is 37.5 Å². The van der Waals surface area contributed by atoms with Crippen molar-refractivity contribution in [2.45, 2.75) is 26.4 Å². The summed E-state index contributed by atoms with van der Waals surface area (Å²) in [6.45, 7) is 5.03. The third-order valence-corrected chi connectivity index (χ3v) is 3.21. The van der Waals surface area contributed by atoms with Crippen molar-refractivity contribution in [1.82, 2.24) is 4.90 Å². The minimum Gasteiger partial charge on any atom is -0.483 e. The van der Waals surface area contributed by atoms with Gasteiger partial charge in [-0.1, -0.05) is 12.1 Å². The van der Waals surface area contributed by atoms with Gasteiger partial charge in [0.1, 0.15) is 5.75 Å². The fraction of sp³-hybridized carbons (Fsp3) is 0.500. The summed E-state index contributed by atoms with van der Waals surface area (Å²) in [4.78, 5) is 13.5. The fourth-order valence-corrected chi connectivity index (χ4v) is 2.06. The number of carbonyl (C=O) groups excluding carboxylic acids is 1. The number of benzene rings is 1. The maximum Gasteiger partial charge on any atom is 0.260 e. The highest BCUT2D eigenvalue weighted by molar-refractivity contribution is 5.78. The number of carbonyl (C=O) groups is 1. The number of nitrogens with zero attached hydrogens (tertiary/aromatic N) is 1. The van der Waals surface area contributed by atoms with Crippen molar-refractivity contribution in [3.05, 3.63) is 29.3 Å². The Hall–Kier alpha value is -1.55. The maximum absolute atomic E-state index is 11.9. The summed E-state index contributed by atoms with van der Waals surface area (Å²) in [5.41, 5.74) is 2.13. The summed E-state index contributed by atoms with van der Waals surface area (Å²) in [6, 6.07) is 5.93. The van der Waals surface area contributed by atoms with Crippen molar-refractivity contribution < 1.29 is 14.6 Å². The average molecular weight is 249 g/mol. The molecule has 1 saturated heterocycles. The van der Waals surface area contributed by atoms with E-state index in [-0.39, 0.29) is 18.6 Å². The maximum atomic E-state index is 11.9. The lowest BCUT2D eigenvalue weighted by Crippen LogP contribution is -2.33. The minimum absolute atomic E-state index is 0.0387. The van der Waals surface area contributed by atoms with Gasteiger partial charge in [0.25, 0.3) is 5.91 Å². The van der Waals surface area contributed by atoms with Crippen molar-refractivity contribution in [1.29, 1.82) is 0 Å². The number of likely N-dealkylation sites (tertiary alicyclic amines) is 1. The molecule has 4 heteroatoms. The SMILES string of the molecule is Cc1ccc(C)c(OCC(=O)N2CC[C@@H](O)C2)c1. The first-order chi connectivity index (χ1) is 8.56. The highest BCUT2D eigenvalue weighted by Gasteiger charge is 2.24. The molecule has 0 saturated carbocycles. The lowest BCUT2D eigenvalue weighted by atomic mass is 10.1. The molecule has 18 heavy (non-hydrogen) atoms. The van der Waals surface area contributed by atoms with Gasteiger partial charge < -0.3 is 14.7 Å². The molecule has 0 aromatic heterocycles. The normalized spacial score (nSPS) is 19.1. The van der Waals surface area contributed by atoms with Gasteiger partial charge in [0.15, 0.2) is 6.61 Å². The zero-order valence-corrected chi connectivity index (χ0v) is 10.8. The molecular weight excluding hydrogens is 230 g/mol. The van der Waals surface area contributed by atoms with Crippen LogP contribution in [0.4, 0.5) is 0 Å². The molecule has 1 aromatic carbocycles. The predicted molar refractivity (Wildman–Crippen MR) is 68.6 cm³/mol. The van der Waals surface area contributed by atoms with Crippen LogP contribution in [0.1, 0.15) is 17.5 Å². The van der Waals surface area contributed by atoms with E-state index in [2.05, 4.69) is 0 Å². The Balaban J connectivity index is 1.91. The molecule has 0 unspecified atom stereocenters. The third-order valence-electron chi connectivity index (χ3n) is 3.21. The highest BCUT2D eigenvalue weighted by atomic mass is 16.5. The zero-order valence-electron chi connectivity index (χ0n) is 10.8. The van der Waals surface area contributed by atoms with Gasteiger partial charge in [-0.15, -0.1) is 0 Å². The molecule has 0 radical (unpaired) electrons. The first kappa shape index (κ1) is 12.9. The lowest BCUT2D eigenvalue weighted by molar-refractivity contribution is -0.132. The topological polar surface area (TPSA) is 49.8 Å². The van der Waals surface area contributed by atoms with Crippen LogP contribution in [0.5, 0.6) is 5.75 Å². The number of ether oxygens (including phenoxy) is 1. The lowest BCUT2D eigenvalue weighted by Gasteiger charge is -2.16. The summed E-state index contributed by atoms with van der Waals surface area (Å²) in [7, 11) is 0. The van der Waals surface area contributed by atoms with Crippen molar-refractivity contribution in [3.63, 3.8) is 0 Å². The van der Waals surface area contributed by atoms with Gasteiger partial charge >= 0.3 is 0 Å². The van der Waals surface area contributed by atoms with Crippen molar-refractivity contribution in [2.24, 2.45) is 0 Å². The zero-order chi connectivity index (χ0) is 13.1. The Bertz CT molecular complexity index is 445. The minimum atomic E-state index is -0.380. The van der Waals surface area contributed by atoms with Crippen LogP contribution in [0.2, 0.25) is 0 Å². The number of hydrogen-bond donors (Lipinski definition) is 1. The van der Waals surface area contributed by atoms with E-state index < -0.39 is 0 Å². The monoisotopic (exact) mass is 249 g/mol. The van der Waals surface area contributed by atoms with Crippen molar-refractivity contribution in [2.75, 3.05) is 19.7 Å². The first-order valence-electron chi connectivity index (χ1n) is 6.22. The Morgan fingerprint density at radius 3 is 2.94 bits per heavy atom. The predicted octanol–water partition coefficient (Wildman–Crippen LogP) is 1.28. The van der Waals surface area contributed by atoms with Crippen molar-refractivity contribution >= 4 is 5.91 Å². The third kappa shape index (κ3) is 3.01. The van der Waals surface area contributed by atoms with Crippen LogP contribution < -0.4 is 4.74 Å². The molecule has 1 fully saturated rings. The van der Waals surface area contributed by atoms with Crippen LogP contribution in [0.15, 0.2) is 18.2 Å². The van der Waals surface area contributed by atoms with Gasteiger partial charge in [0.2, 0.25) is 0 Å². The van der Waals surface area contributed by atoms with Crippen LogP contribution in [0.3, 0.4) is 0 Å². The summed E-state index contributed by atoms with van der Waals surface area (Å²) in [5.74, 6) is 0.690. The summed E-state index contributed by atoms with van der Waals surface area (Å²) in [6.07, 6.45) is 0.282. The second-order valence-electron chi connectivity index (χ2n) is 4.84. The highest BCUT2D eigenvalue weighted by Crippen LogP contribution is 2.19. The van der Waals surface area contributed by atoms with Crippen molar-refractivity contribution in [3.8, 4) is 5.75 Å². The van der Waals surface area contributed by atoms with E-state index >= 15 is 0 Å². The molecule has 1 amide bonds. The molecular formula is C14H19NO3. The molecule has 1 atom stereocenters. The van der Waals surface area contributed by atoms with Crippen LogP contribution in [0.25, 0.3) is 0 Å². The van der Waals surface area contributed by atoms with E-state index in [1.807, 2.05) is 32.0 Å². The summed E-state index contributed by atoms with van der Waals surface area (Å²) < 4.78 is 5.55. The molecule has 98 valence electrons. The van der Waals surface area contributed by atoms with Gasteiger partial charge in [0, 0.05) is 13.1 Å². The van der Waals surface area contributed by atoms with Gasteiger partial charge in [-0.2, -0.15) is 0 Å². The van der Waals surface area contributed by atoms with E-state index in [0.717, 1.165) is 16.9 Å². The van der Waals surface area contributed by atoms with Gasteiger partial charge in [-0.25, -0.2) is 0 Å². The van der Waals surface area contributed by atoms with Crippen LogP contribution >= 0.6 is 0 Å². The van der Waals surface area contributed by atoms with Crippen LogP contribution in [-0.2, 0) is 4.79 Å². The van der Waals surface area contributed by atoms with E-state index in [9.17, 15) is 9.90 Å². The quantitative estimate of drug-likeness (QED) is 0.877. The molecule has 2 rings (SSSR count). The summed E-state index contributed by atoms with van der Waals surface area (Å²) >= 11 is 0. The van der Waals surface area contributed by atoms with Crippen LogP contribution in [0, 0.1) is 13.8 Å². The molecule has 1 aliphatic heterocycles. The molecule has 1 aliphatic rings. The average Bonchev–Trinajstić information content (AvgIpc) is 2.77. The van der Waals surface area contributed by atoms with E-state index in [1.54, 1.807) is 4.90 Å². The number of amides is 1. The Morgan fingerprint density at radius 2 is 2.28 bits per heavy atom. The number of rotatable bonds is 3. The number of hydrogen-bond acceptors (Lipinski definition) is 3. The number of aliphatic hydroxyl groups is 1. The number of aryl methyl sites for hydroxylation is 2. The van der Waals surface area contributed by atoms with Gasteiger partial charge in [0.05, 0.1) is 6.10 Å². The number of aliphatic hydroxyl groups excluding tert-OH is 1. The standard InChI is InChI=1S/C14H19NO3/c1-10-3-4-11(2)13(7-10)18-9-14(17)15-6-5-12(16)8-15/h3-4,7,12,16H,5-6,8-9H2,1-2H3/t12-/m1/s1. The smallest absolute Gasteiger partial charge is 0.260 e. The molecule has 0 aliphatic carbocycles. The largest absolute Gasteiger partial charge is 0.483 e. The van der Waals surface area contributed by atoms with E-state index in [1.165, 1.54) is 0 Å². The molecule has 0 spiro atoms. The fourth-order valence-electron chi connectivity index (χ4n) is 2.06. The van der Waals surface area contributed by atoms with Crippen LogP contribution in [-0.4, -0.2) is 41.7 Å².